The quantitative estimate of drug-likeness (QED) is 0.590. The molecular formula is C17H31N2O2S-. The molecule has 1 aromatic carbocycles. The van der Waals surface area contributed by atoms with Crippen LogP contribution < -0.4 is 4.72 Å². The Morgan fingerprint density at radius 2 is 1.73 bits per heavy atom. The second-order valence-corrected chi connectivity index (χ2v) is 6.81. The molecule has 128 valence electrons. The maximum atomic E-state index is 9.92. The highest BCUT2D eigenvalue weighted by Crippen LogP contribution is 2.09. The highest BCUT2D eigenvalue weighted by atomic mass is 32.2. The second kappa shape index (κ2) is 12.8. The molecule has 1 rings (SSSR count). The standard InChI is InChI=1S/C12H18.C5H14N2O2S/c1-4-11-5-7-12(8-6-11)9-10(2)3;1-7(2)5-3-4-6-10(8)9/h5-8,10H,4,9H2,1-3H3;6H,3-5H2,1-2H3,(H,8,9)/p-1. The lowest BCUT2D eigenvalue weighted by Crippen LogP contribution is -2.22. The topological polar surface area (TPSA) is 55.4 Å². The maximum absolute atomic E-state index is 9.92. The van der Waals surface area contributed by atoms with Crippen LogP contribution in [0.1, 0.15) is 38.3 Å². The molecule has 1 N–H and O–H groups in total. The van der Waals surface area contributed by atoms with Crippen molar-refractivity contribution in [1.82, 2.24) is 9.62 Å². The molecule has 1 unspecified atom stereocenters. The van der Waals surface area contributed by atoms with E-state index in [4.69, 9.17) is 0 Å². The summed E-state index contributed by atoms with van der Waals surface area (Å²) < 4.78 is 22.1. The van der Waals surface area contributed by atoms with E-state index in [1.165, 1.54) is 17.5 Å². The zero-order valence-corrected chi connectivity index (χ0v) is 15.4. The van der Waals surface area contributed by atoms with Crippen LogP contribution in [0.25, 0.3) is 0 Å². The average molecular weight is 328 g/mol. The van der Waals surface area contributed by atoms with E-state index in [-0.39, 0.29) is 0 Å². The van der Waals surface area contributed by atoms with Crippen LogP contribution in [0.15, 0.2) is 24.3 Å². The molecule has 0 aliphatic rings. The minimum atomic E-state index is -2.10. The molecule has 0 aromatic heterocycles. The molecule has 0 bridgehead atoms. The Morgan fingerprint density at radius 3 is 2.14 bits per heavy atom. The van der Waals surface area contributed by atoms with Crippen molar-refractivity contribution in [3.05, 3.63) is 35.4 Å². The van der Waals surface area contributed by atoms with E-state index in [1.807, 2.05) is 19.0 Å². The van der Waals surface area contributed by atoms with Crippen molar-refractivity contribution >= 4 is 11.3 Å². The summed E-state index contributed by atoms with van der Waals surface area (Å²) >= 11 is -2.10. The third-order valence-electron chi connectivity index (χ3n) is 3.08. The lowest BCUT2D eigenvalue weighted by atomic mass is 10.0. The number of rotatable bonds is 8. The van der Waals surface area contributed by atoms with Gasteiger partial charge in [-0.05, 0) is 56.9 Å². The Morgan fingerprint density at radius 1 is 1.18 bits per heavy atom. The normalized spacial score (nSPS) is 12.2. The van der Waals surface area contributed by atoms with E-state index in [0.717, 1.165) is 25.3 Å². The van der Waals surface area contributed by atoms with Crippen molar-refractivity contribution < 1.29 is 8.76 Å². The first kappa shape index (κ1) is 21.2. The van der Waals surface area contributed by atoms with E-state index in [0.29, 0.717) is 6.54 Å². The summed E-state index contributed by atoms with van der Waals surface area (Å²) in [6.45, 7) is 8.14. The summed E-state index contributed by atoms with van der Waals surface area (Å²) in [6, 6.07) is 8.97. The van der Waals surface area contributed by atoms with Gasteiger partial charge in [-0.1, -0.05) is 45.0 Å². The number of benzene rings is 1. The minimum absolute atomic E-state index is 0.522. The third-order valence-corrected chi connectivity index (χ3v) is 3.52. The van der Waals surface area contributed by atoms with Gasteiger partial charge in [0.05, 0.1) is 0 Å². The summed E-state index contributed by atoms with van der Waals surface area (Å²) in [5.41, 5.74) is 2.89. The molecule has 0 spiro atoms. The van der Waals surface area contributed by atoms with Gasteiger partial charge in [0.2, 0.25) is 0 Å². The van der Waals surface area contributed by atoms with E-state index < -0.39 is 11.3 Å². The lowest BCUT2D eigenvalue weighted by Gasteiger charge is -2.10. The number of aryl methyl sites for hydroxylation is 1. The van der Waals surface area contributed by atoms with Crippen LogP contribution in [0.2, 0.25) is 0 Å². The van der Waals surface area contributed by atoms with Crippen molar-refractivity contribution in [2.24, 2.45) is 5.92 Å². The fourth-order valence-electron chi connectivity index (χ4n) is 1.93. The molecule has 1 atom stereocenters. The summed E-state index contributed by atoms with van der Waals surface area (Å²) in [5.74, 6) is 0.762. The van der Waals surface area contributed by atoms with E-state index in [9.17, 15) is 8.76 Å². The monoisotopic (exact) mass is 327 g/mol. The predicted octanol–water partition coefficient (Wildman–Crippen LogP) is 2.77. The fraction of sp³-hybridized carbons (Fsp3) is 0.647. The van der Waals surface area contributed by atoms with Crippen LogP contribution >= 0.6 is 0 Å². The highest BCUT2D eigenvalue weighted by Gasteiger charge is 1.96. The van der Waals surface area contributed by atoms with Gasteiger partial charge in [0, 0.05) is 17.8 Å². The van der Waals surface area contributed by atoms with Crippen molar-refractivity contribution in [1.29, 1.82) is 0 Å². The summed E-state index contributed by atoms with van der Waals surface area (Å²) in [5, 5.41) is 0. The SMILES string of the molecule is CCc1ccc(CC(C)C)cc1.CN(C)CCCNS(=O)[O-]. The number of nitrogens with one attached hydrogen (secondary N) is 1. The molecule has 22 heavy (non-hydrogen) atoms. The Kier molecular flexibility index (Phi) is 12.3. The Hall–Kier alpha value is -0.750. The zero-order valence-electron chi connectivity index (χ0n) is 14.6. The summed E-state index contributed by atoms with van der Waals surface area (Å²) in [4.78, 5) is 2.01. The number of hydrogen-bond acceptors (Lipinski definition) is 3. The van der Waals surface area contributed by atoms with Gasteiger partial charge >= 0.3 is 0 Å². The summed E-state index contributed by atoms with van der Waals surface area (Å²) in [7, 11) is 3.91. The molecule has 0 saturated carbocycles. The van der Waals surface area contributed by atoms with Gasteiger partial charge in [0.15, 0.2) is 0 Å². The van der Waals surface area contributed by atoms with Gasteiger partial charge < -0.3 is 9.45 Å². The summed E-state index contributed by atoms with van der Waals surface area (Å²) in [6.07, 6.45) is 3.19. The first-order chi connectivity index (χ1) is 10.3. The zero-order chi connectivity index (χ0) is 17.0. The van der Waals surface area contributed by atoms with Gasteiger partial charge in [-0.15, -0.1) is 0 Å². The molecule has 0 amide bonds. The Labute approximate surface area is 138 Å². The first-order valence-electron chi connectivity index (χ1n) is 7.90. The van der Waals surface area contributed by atoms with Gasteiger partial charge in [0.1, 0.15) is 0 Å². The van der Waals surface area contributed by atoms with E-state index in [2.05, 4.69) is 49.8 Å². The van der Waals surface area contributed by atoms with Gasteiger partial charge in [-0.3, -0.25) is 4.21 Å². The molecule has 1 aromatic rings. The Bertz CT molecular complexity index is 406. The number of hydrogen-bond donors (Lipinski definition) is 1. The average Bonchev–Trinajstić information content (AvgIpc) is 2.44. The van der Waals surface area contributed by atoms with Crippen LogP contribution in [0.5, 0.6) is 0 Å². The van der Waals surface area contributed by atoms with Crippen molar-refractivity contribution in [3.63, 3.8) is 0 Å². The molecule has 0 aliphatic carbocycles. The maximum Gasteiger partial charge on any atom is 0.0181 e. The third kappa shape index (κ3) is 13.0. The highest BCUT2D eigenvalue weighted by molar-refractivity contribution is 7.77. The number of nitrogens with zero attached hydrogens (tertiary/aromatic N) is 1. The van der Waals surface area contributed by atoms with Gasteiger partial charge in [-0.25, -0.2) is 4.72 Å². The first-order valence-corrected chi connectivity index (χ1v) is 8.98. The second-order valence-electron chi connectivity index (χ2n) is 6.05. The van der Waals surface area contributed by atoms with E-state index >= 15 is 0 Å². The smallest absolute Gasteiger partial charge is 0.0181 e. The molecular weight excluding hydrogens is 296 g/mol. The molecule has 5 heteroatoms. The van der Waals surface area contributed by atoms with Crippen LogP contribution in [0.3, 0.4) is 0 Å². The molecule has 0 aliphatic heterocycles. The largest absolute Gasteiger partial charge is 0.760 e. The molecule has 0 heterocycles. The molecule has 0 radical (unpaired) electrons. The fourth-order valence-corrected chi connectivity index (χ4v) is 2.24. The minimum Gasteiger partial charge on any atom is -0.760 e. The van der Waals surface area contributed by atoms with Crippen LogP contribution in [-0.2, 0) is 24.1 Å². The van der Waals surface area contributed by atoms with Crippen LogP contribution in [0.4, 0.5) is 0 Å². The lowest BCUT2D eigenvalue weighted by molar-refractivity contribution is 0.399. The van der Waals surface area contributed by atoms with Gasteiger partial charge in [-0.2, -0.15) is 0 Å². The predicted molar refractivity (Wildman–Crippen MR) is 94.5 cm³/mol. The van der Waals surface area contributed by atoms with Crippen molar-refractivity contribution in [3.8, 4) is 0 Å². The Balaban J connectivity index is 0.000000409. The van der Waals surface area contributed by atoms with Gasteiger partial charge in [0.25, 0.3) is 0 Å². The van der Waals surface area contributed by atoms with Crippen molar-refractivity contribution in [2.75, 3.05) is 27.2 Å². The van der Waals surface area contributed by atoms with E-state index in [1.54, 1.807) is 0 Å². The van der Waals surface area contributed by atoms with Crippen LogP contribution in [-0.4, -0.2) is 40.8 Å². The molecule has 0 saturated heterocycles. The molecule has 4 nitrogen and oxygen atoms in total. The van der Waals surface area contributed by atoms with Crippen molar-refractivity contribution in [2.45, 2.75) is 40.0 Å². The molecule has 0 fully saturated rings. The van der Waals surface area contributed by atoms with Crippen LogP contribution in [0, 0.1) is 5.92 Å².